The molecule has 6 nitrogen and oxygen atoms in total. The van der Waals surface area contributed by atoms with Crippen molar-refractivity contribution in [3.8, 4) is 0 Å². The maximum Gasteiger partial charge on any atom is 0.416 e. The Morgan fingerprint density at radius 3 is 2.72 bits per heavy atom. The van der Waals surface area contributed by atoms with E-state index in [1.54, 1.807) is 15.9 Å². The van der Waals surface area contributed by atoms with Crippen molar-refractivity contribution in [1.82, 2.24) is 14.9 Å². The summed E-state index contributed by atoms with van der Waals surface area (Å²) in [5.74, 6) is 2.47. The lowest BCUT2D eigenvalue weighted by atomic mass is 10.0. The maximum absolute atomic E-state index is 13.2. The Morgan fingerprint density at radius 1 is 1.22 bits per heavy atom. The van der Waals surface area contributed by atoms with Gasteiger partial charge in [0.1, 0.15) is 11.5 Å². The second-order valence-corrected chi connectivity index (χ2v) is 8.86. The molecular formula is C23H26F3N5O. The van der Waals surface area contributed by atoms with Gasteiger partial charge in [-0.15, -0.1) is 0 Å². The van der Waals surface area contributed by atoms with Gasteiger partial charge in [0.15, 0.2) is 11.7 Å². The molecule has 32 heavy (non-hydrogen) atoms. The summed E-state index contributed by atoms with van der Waals surface area (Å²) >= 11 is 0. The first kappa shape index (κ1) is 21.0. The Morgan fingerprint density at radius 2 is 2.00 bits per heavy atom. The number of hydrogen-bond donors (Lipinski definition) is 1. The summed E-state index contributed by atoms with van der Waals surface area (Å²) in [7, 11) is 0. The summed E-state index contributed by atoms with van der Waals surface area (Å²) in [6.07, 6.45) is 1.28. The normalized spacial score (nSPS) is 21.2. The van der Waals surface area contributed by atoms with E-state index >= 15 is 0 Å². The molecule has 2 aromatic rings. The fourth-order valence-corrected chi connectivity index (χ4v) is 4.99. The molecule has 5 rings (SSSR count). The highest BCUT2D eigenvalue weighted by atomic mass is 19.4. The SMILES string of the molecule is CCCN1C(=O)N2CC(Cc3cccc(C(F)(F)F)c3)N=C2c2[nH]c(C3CCCC3)nc21. The van der Waals surface area contributed by atoms with E-state index in [0.29, 0.717) is 42.6 Å². The van der Waals surface area contributed by atoms with Crippen molar-refractivity contribution in [2.45, 2.75) is 63.6 Å². The third kappa shape index (κ3) is 3.67. The number of urea groups is 1. The predicted octanol–water partition coefficient (Wildman–Crippen LogP) is 5.11. The van der Waals surface area contributed by atoms with Crippen molar-refractivity contribution in [2.75, 3.05) is 18.0 Å². The Hall–Kier alpha value is -2.84. The number of carbonyl (C=O) groups excluding carboxylic acids is 1. The molecule has 170 valence electrons. The number of nitrogens with zero attached hydrogens (tertiary/aromatic N) is 4. The van der Waals surface area contributed by atoms with Crippen LogP contribution < -0.4 is 4.90 Å². The number of fused-ring (bicyclic) bond motifs is 3. The molecule has 1 saturated carbocycles. The zero-order chi connectivity index (χ0) is 22.5. The number of alkyl halides is 3. The quantitative estimate of drug-likeness (QED) is 0.695. The van der Waals surface area contributed by atoms with E-state index in [2.05, 4.69) is 4.98 Å². The van der Waals surface area contributed by atoms with Gasteiger partial charge in [0.2, 0.25) is 0 Å². The fraction of sp³-hybridized carbons (Fsp3) is 0.522. The molecule has 3 aliphatic rings. The van der Waals surface area contributed by atoms with Gasteiger partial charge in [-0.1, -0.05) is 38.0 Å². The molecule has 1 unspecified atom stereocenters. The van der Waals surface area contributed by atoms with Crippen molar-refractivity contribution >= 4 is 17.7 Å². The molecule has 0 spiro atoms. The van der Waals surface area contributed by atoms with Gasteiger partial charge in [-0.3, -0.25) is 14.8 Å². The number of hydrogen-bond acceptors (Lipinski definition) is 3. The minimum atomic E-state index is -4.38. The lowest BCUT2D eigenvalue weighted by Gasteiger charge is -2.32. The summed E-state index contributed by atoms with van der Waals surface area (Å²) in [5, 5.41) is 0. The number of rotatable bonds is 5. The lowest BCUT2D eigenvalue weighted by Crippen LogP contribution is -2.50. The Labute approximate surface area is 184 Å². The highest BCUT2D eigenvalue weighted by Crippen LogP contribution is 2.37. The van der Waals surface area contributed by atoms with Crippen LogP contribution in [0.5, 0.6) is 0 Å². The van der Waals surface area contributed by atoms with Gasteiger partial charge in [-0.25, -0.2) is 9.78 Å². The second-order valence-electron chi connectivity index (χ2n) is 8.86. The molecule has 3 heterocycles. The van der Waals surface area contributed by atoms with E-state index in [1.807, 2.05) is 6.92 Å². The third-order valence-electron chi connectivity index (χ3n) is 6.51. The zero-order valence-electron chi connectivity index (χ0n) is 18.0. The van der Waals surface area contributed by atoms with E-state index in [4.69, 9.17) is 9.98 Å². The molecule has 1 atom stereocenters. The van der Waals surface area contributed by atoms with Gasteiger partial charge in [-0.2, -0.15) is 13.2 Å². The molecule has 1 aliphatic carbocycles. The summed E-state index contributed by atoms with van der Waals surface area (Å²) in [5.41, 5.74) is 0.649. The molecule has 1 aromatic carbocycles. The molecule has 1 aromatic heterocycles. The highest BCUT2D eigenvalue weighted by Gasteiger charge is 2.43. The van der Waals surface area contributed by atoms with E-state index in [-0.39, 0.29) is 12.1 Å². The molecule has 9 heteroatoms. The average Bonchev–Trinajstić information content (AvgIpc) is 3.49. The number of halogens is 3. The number of aromatic amines is 1. The number of carbonyl (C=O) groups is 1. The number of aliphatic imine (C=N–C) groups is 1. The average molecular weight is 445 g/mol. The van der Waals surface area contributed by atoms with E-state index in [9.17, 15) is 18.0 Å². The van der Waals surface area contributed by atoms with Crippen LogP contribution in [0.4, 0.5) is 23.8 Å². The van der Waals surface area contributed by atoms with Crippen molar-refractivity contribution in [1.29, 1.82) is 0 Å². The van der Waals surface area contributed by atoms with Gasteiger partial charge in [0.25, 0.3) is 0 Å². The van der Waals surface area contributed by atoms with Crippen LogP contribution in [-0.2, 0) is 12.6 Å². The Balaban J connectivity index is 1.45. The van der Waals surface area contributed by atoms with Crippen molar-refractivity contribution in [2.24, 2.45) is 4.99 Å². The number of anilines is 1. The number of H-pyrrole nitrogens is 1. The van der Waals surface area contributed by atoms with Gasteiger partial charge >= 0.3 is 12.2 Å². The van der Waals surface area contributed by atoms with Gasteiger partial charge in [0, 0.05) is 12.5 Å². The molecule has 2 amide bonds. The van der Waals surface area contributed by atoms with E-state index in [1.165, 1.54) is 25.0 Å². The van der Waals surface area contributed by atoms with Crippen LogP contribution in [0.15, 0.2) is 29.3 Å². The van der Waals surface area contributed by atoms with Crippen molar-refractivity contribution in [3.05, 3.63) is 46.9 Å². The summed E-state index contributed by atoms with van der Waals surface area (Å²) in [4.78, 5) is 29.6. The standard InChI is InChI=1S/C23H26F3N5O/c1-2-10-30-21-18(28-19(29-21)15-7-3-4-8-15)20-27-17(13-31(20)22(30)32)12-14-6-5-9-16(11-14)23(24,25)26/h5-6,9,11,15,17H,2-4,7-8,10,12-13H2,1H3,(H,28,29). The Kier molecular flexibility index (Phi) is 5.22. The van der Waals surface area contributed by atoms with Crippen molar-refractivity contribution < 1.29 is 18.0 Å². The molecule has 0 saturated heterocycles. The molecule has 2 aliphatic heterocycles. The smallest absolute Gasteiger partial charge is 0.337 e. The monoisotopic (exact) mass is 445 g/mol. The minimum Gasteiger partial charge on any atom is -0.337 e. The fourth-order valence-electron chi connectivity index (χ4n) is 4.99. The number of imidazole rings is 1. The van der Waals surface area contributed by atoms with Crippen LogP contribution in [0.2, 0.25) is 0 Å². The number of nitrogens with one attached hydrogen (secondary N) is 1. The van der Waals surface area contributed by atoms with Gasteiger partial charge in [0.05, 0.1) is 18.2 Å². The van der Waals surface area contributed by atoms with Crippen LogP contribution in [-0.4, -0.2) is 45.9 Å². The zero-order valence-corrected chi connectivity index (χ0v) is 18.0. The largest absolute Gasteiger partial charge is 0.416 e. The molecule has 1 N–H and O–H groups in total. The van der Waals surface area contributed by atoms with Crippen molar-refractivity contribution in [3.63, 3.8) is 0 Å². The number of aromatic nitrogens is 2. The third-order valence-corrected chi connectivity index (χ3v) is 6.51. The number of benzene rings is 1. The van der Waals surface area contributed by atoms with Gasteiger partial charge < -0.3 is 4.98 Å². The summed E-state index contributed by atoms with van der Waals surface area (Å²) < 4.78 is 39.3. The molecule has 0 bridgehead atoms. The number of amides is 2. The van der Waals surface area contributed by atoms with E-state index < -0.39 is 11.7 Å². The summed E-state index contributed by atoms with van der Waals surface area (Å²) in [6.45, 7) is 2.92. The second kappa shape index (κ2) is 7.94. The Bertz CT molecular complexity index is 1050. The molecule has 0 radical (unpaired) electrons. The van der Waals surface area contributed by atoms with Crippen LogP contribution >= 0.6 is 0 Å². The predicted molar refractivity (Wildman–Crippen MR) is 115 cm³/mol. The van der Waals surface area contributed by atoms with Gasteiger partial charge in [-0.05, 0) is 37.3 Å². The van der Waals surface area contributed by atoms with Crippen LogP contribution in [0, 0.1) is 0 Å². The minimum absolute atomic E-state index is 0.158. The lowest BCUT2D eigenvalue weighted by molar-refractivity contribution is -0.137. The number of amidine groups is 1. The first-order chi connectivity index (χ1) is 15.3. The van der Waals surface area contributed by atoms with Crippen LogP contribution in [0.25, 0.3) is 0 Å². The topological polar surface area (TPSA) is 64.6 Å². The van der Waals surface area contributed by atoms with E-state index in [0.717, 1.165) is 36.8 Å². The van der Waals surface area contributed by atoms with Crippen LogP contribution in [0.1, 0.15) is 67.6 Å². The maximum atomic E-state index is 13.2. The highest BCUT2D eigenvalue weighted by molar-refractivity contribution is 6.18. The first-order valence-electron chi connectivity index (χ1n) is 11.3. The first-order valence-corrected chi connectivity index (χ1v) is 11.3. The molecular weight excluding hydrogens is 419 g/mol. The molecule has 1 fully saturated rings. The summed E-state index contributed by atoms with van der Waals surface area (Å²) in [6, 6.07) is 4.88. The van der Waals surface area contributed by atoms with Crippen LogP contribution in [0.3, 0.4) is 0 Å².